The third-order valence-corrected chi connectivity index (χ3v) is 3.52. The lowest BCUT2D eigenvalue weighted by Gasteiger charge is -2.09. The Kier molecular flexibility index (Phi) is 2.28. The van der Waals surface area contributed by atoms with Gasteiger partial charge in [-0.3, -0.25) is 0 Å². The molecule has 2 aromatic rings. The molecule has 1 unspecified atom stereocenters. The lowest BCUT2D eigenvalue weighted by atomic mass is 10.1. The van der Waals surface area contributed by atoms with E-state index in [-0.39, 0.29) is 5.69 Å². The van der Waals surface area contributed by atoms with Crippen molar-refractivity contribution in [3.05, 3.63) is 17.9 Å². The van der Waals surface area contributed by atoms with Gasteiger partial charge in [-0.2, -0.15) is 0 Å². The molecule has 1 heterocycles. The van der Waals surface area contributed by atoms with E-state index in [9.17, 15) is 4.39 Å². The maximum absolute atomic E-state index is 13.4. The summed E-state index contributed by atoms with van der Waals surface area (Å²) in [5.41, 5.74) is 7.01. The van der Waals surface area contributed by atoms with Gasteiger partial charge in [0.05, 0.1) is 11.2 Å². The summed E-state index contributed by atoms with van der Waals surface area (Å²) in [5.74, 6) is 0.966. The standard InChI is InChI=1S/C12H15FN4/c1-7(8-2-3-8)6-17-12-4-9(13)10(14)5-11(12)15-16-17/h4-5,7-8H,2-3,6,14H2,1H3. The van der Waals surface area contributed by atoms with E-state index >= 15 is 0 Å². The van der Waals surface area contributed by atoms with Gasteiger partial charge in [0.1, 0.15) is 11.3 Å². The predicted octanol–water partition coefficient (Wildman–Crippen LogP) is 2.20. The molecule has 0 amide bonds. The third-order valence-electron chi connectivity index (χ3n) is 3.52. The molecule has 1 aromatic heterocycles. The Labute approximate surface area is 98.6 Å². The monoisotopic (exact) mass is 234 g/mol. The SMILES string of the molecule is CC(Cn1nnc2cc(N)c(F)cc21)C1CC1. The van der Waals surface area contributed by atoms with Crippen LogP contribution in [0.15, 0.2) is 12.1 Å². The quantitative estimate of drug-likeness (QED) is 0.828. The van der Waals surface area contributed by atoms with Gasteiger partial charge in [-0.1, -0.05) is 12.1 Å². The fourth-order valence-corrected chi connectivity index (χ4v) is 2.23. The first-order valence-electron chi connectivity index (χ1n) is 5.93. The van der Waals surface area contributed by atoms with E-state index in [1.807, 2.05) is 0 Å². The molecule has 5 heteroatoms. The highest BCUT2D eigenvalue weighted by Gasteiger charge is 2.28. The van der Waals surface area contributed by atoms with Gasteiger partial charge < -0.3 is 5.73 Å². The van der Waals surface area contributed by atoms with E-state index in [1.54, 1.807) is 4.68 Å². The van der Waals surface area contributed by atoms with Gasteiger partial charge in [0.25, 0.3) is 0 Å². The van der Waals surface area contributed by atoms with Crippen molar-refractivity contribution in [2.75, 3.05) is 5.73 Å². The van der Waals surface area contributed by atoms with Crippen molar-refractivity contribution in [1.29, 1.82) is 0 Å². The largest absolute Gasteiger partial charge is 0.396 e. The van der Waals surface area contributed by atoms with Crippen LogP contribution in [0.1, 0.15) is 19.8 Å². The molecule has 2 N–H and O–H groups in total. The molecule has 1 fully saturated rings. The number of nitrogen functional groups attached to an aromatic ring is 1. The number of rotatable bonds is 3. The van der Waals surface area contributed by atoms with Crippen LogP contribution in [0.2, 0.25) is 0 Å². The van der Waals surface area contributed by atoms with Gasteiger partial charge in [-0.15, -0.1) is 5.10 Å². The number of benzene rings is 1. The van der Waals surface area contributed by atoms with Crippen molar-refractivity contribution in [2.45, 2.75) is 26.3 Å². The average molecular weight is 234 g/mol. The first kappa shape index (κ1) is 10.5. The molecule has 4 nitrogen and oxygen atoms in total. The molecule has 90 valence electrons. The van der Waals surface area contributed by atoms with Crippen molar-refractivity contribution in [3.8, 4) is 0 Å². The highest BCUT2D eigenvalue weighted by Crippen LogP contribution is 2.37. The molecule has 0 saturated heterocycles. The van der Waals surface area contributed by atoms with Crippen LogP contribution >= 0.6 is 0 Å². The lowest BCUT2D eigenvalue weighted by molar-refractivity contribution is 0.407. The maximum Gasteiger partial charge on any atom is 0.148 e. The molecule has 1 atom stereocenters. The van der Waals surface area contributed by atoms with Gasteiger partial charge in [-0.05, 0) is 30.7 Å². The molecule has 1 saturated carbocycles. The summed E-state index contributed by atoms with van der Waals surface area (Å²) in [7, 11) is 0. The van der Waals surface area contributed by atoms with E-state index < -0.39 is 5.82 Å². The number of nitrogens with zero attached hydrogens (tertiary/aromatic N) is 3. The zero-order valence-corrected chi connectivity index (χ0v) is 9.73. The van der Waals surface area contributed by atoms with Crippen LogP contribution in [0.4, 0.5) is 10.1 Å². The molecule has 1 aliphatic carbocycles. The average Bonchev–Trinajstić information content (AvgIpc) is 3.07. The van der Waals surface area contributed by atoms with Crippen molar-refractivity contribution < 1.29 is 4.39 Å². The smallest absolute Gasteiger partial charge is 0.148 e. The second-order valence-corrected chi connectivity index (χ2v) is 4.95. The molecule has 1 aromatic carbocycles. The Balaban J connectivity index is 1.96. The van der Waals surface area contributed by atoms with E-state index in [0.717, 1.165) is 18.0 Å². The van der Waals surface area contributed by atoms with Crippen LogP contribution in [-0.2, 0) is 6.54 Å². The third kappa shape index (κ3) is 1.85. The van der Waals surface area contributed by atoms with Gasteiger partial charge in [-0.25, -0.2) is 9.07 Å². The Morgan fingerprint density at radius 2 is 2.29 bits per heavy atom. The molecule has 0 aliphatic heterocycles. The summed E-state index contributed by atoms with van der Waals surface area (Å²) in [5, 5.41) is 8.09. The number of anilines is 1. The molecule has 3 rings (SSSR count). The Morgan fingerprint density at radius 3 is 3.00 bits per heavy atom. The van der Waals surface area contributed by atoms with Crippen molar-refractivity contribution >= 4 is 16.7 Å². The highest BCUT2D eigenvalue weighted by atomic mass is 19.1. The number of hydrogen-bond acceptors (Lipinski definition) is 3. The van der Waals surface area contributed by atoms with E-state index in [2.05, 4.69) is 17.2 Å². The minimum atomic E-state index is -0.403. The summed E-state index contributed by atoms with van der Waals surface area (Å²) in [6, 6.07) is 2.96. The zero-order valence-electron chi connectivity index (χ0n) is 9.73. The fraction of sp³-hybridized carbons (Fsp3) is 0.500. The first-order chi connectivity index (χ1) is 8.15. The second-order valence-electron chi connectivity index (χ2n) is 4.95. The fourth-order valence-electron chi connectivity index (χ4n) is 2.23. The summed E-state index contributed by atoms with van der Waals surface area (Å²) in [6.45, 7) is 3.00. The van der Waals surface area contributed by atoms with Crippen molar-refractivity contribution in [3.63, 3.8) is 0 Å². The highest BCUT2D eigenvalue weighted by molar-refractivity contribution is 5.78. The predicted molar refractivity (Wildman–Crippen MR) is 63.8 cm³/mol. The van der Waals surface area contributed by atoms with Gasteiger partial charge >= 0.3 is 0 Å². The molecular formula is C12H15FN4. The minimum absolute atomic E-state index is 0.125. The minimum Gasteiger partial charge on any atom is -0.396 e. The number of fused-ring (bicyclic) bond motifs is 1. The van der Waals surface area contributed by atoms with E-state index in [0.29, 0.717) is 11.4 Å². The van der Waals surface area contributed by atoms with Crippen LogP contribution in [-0.4, -0.2) is 15.0 Å². The summed E-state index contributed by atoms with van der Waals surface area (Å²) < 4.78 is 15.2. The van der Waals surface area contributed by atoms with E-state index in [4.69, 9.17) is 5.73 Å². The van der Waals surface area contributed by atoms with Crippen LogP contribution in [0, 0.1) is 17.7 Å². The summed E-state index contributed by atoms with van der Waals surface area (Å²) in [4.78, 5) is 0. The van der Waals surface area contributed by atoms with Gasteiger partial charge in [0.15, 0.2) is 0 Å². The molecule has 0 radical (unpaired) electrons. The molecular weight excluding hydrogens is 219 g/mol. The Bertz CT molecular complexity index is 559. The number of aromatic nitrogens is 3. The molecule has 0 bridgehead atoms. The number of halogens is 1. The van der Waals surface area contributed by atoms with Crippen LogP contribution in [0.25, 0.3) is 11.0 Å². The number of nitrogens with two attached hydrogens (primary N) is 1. The van der Waals surface area contributed by atoms with Crippen LogP contribution in [0.3, 0.4) is 0 Å². The first-order valence-corrected chi connectivity index (χ1v) is 5.93. The maximum atomic E-state index is 13.4. The molecule has 17 heavy (non-hydrogen) atoms. The molecule has 1 aliphatic rings. The summed E-state index contributed by atoms with van der Waals surface area (Å²) in [6.07, 6.45) is 2.60. The second kappa shape index (κ2) is 3.68. The summed E-state index contributed by atoms with van der Waals surface area (Å²) >= 11 is 0. The number of hydrogen-bond donors (Lipinski definition) is 1. The topological polar surface area (TPSA) is 56.7 Å². The Morgan fingerprint density at radius 1 is 1.53 bits per heavy atom. The Hall–Kier alpha value is -1.65. The van der Waals surface area contributed by atoms with Gasteiger partial charge in [0.2, 0.25) is 0 Å². The zero-order chi connectivity index (χ0) is 12.0. The molecule has 0 spiro atoms. The van der Waals surface area contributed by atoms with Crippen molar-refractivity contribution in [1.82, 2.24) is 15.0 Å². The lowest BCUT2D eigenvalue weighted by Crippen LogP contribution is -2.10. The van der Waals surface area contributed by atoms with Crippen molar-refractivity contribution in [2.24, 2.45) is 11.8 Å². The van der Waals surface area contributed by atoms with Crippen LogP contribution in [0.5, 0.6) is 0 Å². The van der Waals surface area contributed by atoms with E-state index in [1.165, 1.54) is 25.0 Å². The normalized spacial score (nSPS) is 17.5. The van der Waals surface area contributed by atoms with Gasteiger partial charge in [0, 0.05) is 12.6 Å². The van der Waals surface area contributed by atoms with Crippen LogP contribution < -0.4 is 5.73 Å².